The summed E-state index contributed by atoms with van der Waals surface area (Å²) in [5.74, 6) is -0.161. The van der Waals surface area contributed by atoms with Crippen LogP contribution in [0.2, 0.25) is 5.02 Å². The van der Waals surface area contributed by atoms with E-state index in [-0.39, 0.29) is 23.6 Å². The molecule has 1 saturated carbocycles. The first kappa shape index (κ1) is 17.0. The summed E-state index contributed by atoms with van der Waals surface area (Å²) in [5.41, 5.74) is 2.88. The molecule has 126 valence electrons. The van der Waals surface area contributed by atoms with Gasteiger partial charge in [-0.25, -0.2) is 4.39 Å². The van der Waals surface area contributed by atoms with Gasteiger partial charge in [0.15, 0.2) is 0 Å². The van der Waals surface area contributed by atoms with E-state index in [9.17, 15) is 9.18 Å². The van der Waals surface area contributed by atoms with Gasteiger partial charge in [-0.15, -0.1) is 0 Å². The molecular weight excluding hydrogens is 325 g/mol. The minimum Gasteiger partial charge on any atom is -0.376 e. The minimum absolute atomic E-state index is 0.0809. The van der Waals surface area contributed by atoms with E-state index in [4.69, 9.17) is 11.6 Å². The summed E-state index contributed by atoms with van der Waals surface area (Å²) in [6, 6.07) is 12.3. The molecule has 1 aliphatic rings. The highest BCUT2D eigenvalue weighted by Gasteiger charge is 2.31. The smallest absolute Gasteiger partial charge is 0.138 e. The number of anilines is 1. The third kappa shape index (κ3) is 3.78. The van der Waals surface area contributed by atoms with Crippen molar-refractivity contribution < 1.29 is 9.18 Å². The van der Waals surface area contributed by atoms with Crippen LogP contribution in [0.15, 0.2) is 42.5 Å². The number of nitrogens with one attached hydrogen (secondary N) is 1. The van der Waals surface area contributed by atoms with E-state index in [0.717, 1.165) is 24.8 Å². The number of carbonyl (C=O) groups is 1. The van der Waals surface area contributed by atoms with Crippen LogP contribution in [-0.4, -0.2) is 5.78 Å². The summed E-state index contributed by atoms with van der Waals surface area (Å²) in [4.78, 5) is 12.5. The topological polar surface area (TPSA) is 29.1 Å². The van der Waals surface area contributed by atoms with Gasteiger partial charge < -0.3 is 5.32 Å². The number of aryl methyl sites for hydroxylation is 1. The van der Waals surface area contributed by atoms with Crippen LogP contribution in [0, 0.1) is 18.7 Å². The van der Waals surface area contributed by atoms with E-state index < -0.39 is 0 Å². The number of hydrogen-bond acceptors (Lipinski definition) is 2. The predicted molar refractivity (Wildman–Crippen MR) is 95.9 cm³/mol. The molecule has 2 aromatic carbocycles. The van der Waals surface area contributed by atoms with Crippen molar-refractivity contribution in [3.8, 4) is 0 Å². The molecule has 1 fully saturated rings. The highest BCUT2D eigenvalue weighted by atomic mass is 35.5. The fraction of sp³-hybridized carbons (Fsp3) is 0.350. The molecule has 0 heterocycles. The number of halogens is 2. The number of ketones is 1. The molecule has 0 saturated heterocycles. The van der Waals surface area contributed by atoms with E-state index in [2.05, 4.69) is 5.32 Å². The van der Waals surface area contributed by atoms with Crippen molar-refractivity contribution in [1.29, 1.82) is 0 Å². The summed E-state index contributed by atoms with van der Waals surface area (Å²) >= 11 is 6.17. The van der Waals surface area contributed by atoms with Crippen LogP contribution in [0.25, 0.3) is 0 Å². The van der Waals surface area contributed by atoms with Crippen LogP contribution >= 0.6 is 11.6 Å². The lowest BCUT2D eigenvalue weighted by molar-refractivity contribution is -0.125. The Balaban J connectivity index is 1.94. The Kier molecular flexibility index (Phi) is 5.20. The monoisotopic (exact) mass is 345 g/mol. The van der Waals surface area contributed by atoms with Crippen molar-refractivity contribution >= 4 is 23.1 Å². The first-order valence-electron chi connectivity index (χ1n) is 8.35. The standard InChI is InChI=1S/C20H21ClFNO/c1-13-6-8-14(9-7-13)20(16-4-2-3-5-19(16)24)23-18-11-10-15(22)12-17(18)21/h6-12,16,20,23H,2-5H2,1H3/t16-,20+/m0/s1. The zero-order chi connectivity index (χ0) is 17.1. The summed E-state index contributed by atoms with van der Waals surface area (Å²) in [6.07, 6.45) is 3.51. The summed E-state index contributed by atoms with van der Waals surface area (Å²) in [5, 5.41) is 3.72. The van der Waals surface area contributed by atoms with Gasteiger partial charge in [0.05, 0.1) is 16.8 Å². The lowest BCUT2D eigenvalue weighted by atomic mass is 9.80. The summed E-state index contributed by atoms with van der Waals surface area (Å²) < 4.78 is 13.3. The van der Waals surface area contributed by atoms with Gasteiger partial charge in [-0.1, -0.05) is 47.9 Å². The largest absolute Gasteiger partial charge is 0.376 e. The molecule has 4 heteroatoms. The Morgan fingerprint density at radius 3 is 2.58 bits per heavy atom. The highest BCUT2D eigenvalue weighted by Crippen LogP contribution is 2.36. The second-order valence-electron chi connectivity index (χ2n) is 6.48. The van der Waals surface area contributed by atoms with Crippen LogP contribution in [0.5, 0.6) is 0 Å². The minimum atomic E-state index is -0.369. The molecule has 3 rings (SSSR count). The molecule has 2 atom stereocenters. The molecule has 0 spiro atoms. The van der Waals surface area contributed by atoms with Crippen LogP contribution in [-0.2, 0) is 4.79 Å². The van der Waals surface area contributed by atoms with Crippen molar-refractivity contribution in [2.45, 2.75) is 38.6 Å². The Morgan fingerprint density at radius 2 is 1.92 bits per heavy atom. The zero-order valence-corrected chi connectivity index (χ0v) is 14.4. The molecule has 2 nitrogen and oxygen atoms in total. The van der Waals surface area contributed by atoms with Crippen molar-refractivity contribution in [2.75, 3.05) is 5.32 Å². The molecule has 0 aliphatic heterocycles. The van der Waals surface area contributed by atoms with Gasteiger partial charge >= 0.3 is 0 Å². The van der Waals surface area contributed by atoms with Gasteiger partial charge in [0, 0.05) is 12.3 Å². The zero-order valence-electron chi connectivity index (χ0n) is 13.7. The average molecular weight is 346 g/mol. The Labute approximate surface area is 147 Å². The lowest BCUT2D eigenvalue weighted by Gasteiger charge is -2.31. The highest BCUT2D eigenvalue weighted by molar-refractivity contribution is 6.33. The van der Waals surface area contributed by atoms with E-state index in [0.29, 0.717) is 17.1 Å². The third-order valence-corrected chi connectivity index (χ3v) is 5.00. The molecule has 24 heavy (non-hydrogen) atoms. The van der Waals surface area contributed by atoms with Gasteiger partial charge in [-0.2, -0.15) is 0 Å². The van der Waals surface area contributed by atoms with Crippen LogP contribution in [0.4, 0.5) is 10.1 Å². The van der Waals surface area contributed by atoms with E-state index in [1.54, 1.807) is 6.07 Å². The molecule has 1 aliphatic carbocycles. The van der Waals surface area contributed by atoms with Gasteiger partial charge in [0.1, 0.15) is 11.6 Å². The van der Waals surface area contributed by atoms with Gasteiger partial charge in [-0.3, -0.25) is 4.79 Å². The second-order valence-corrected chi connectivity index (χ2v) is 6.88. The maximum Gasteiger partial charge on any atom is 0.138 e. The molecular formula is C20H21ClFNO. The number of benzene rings is 2. The summed E-state index contributed by atoms with van der Waals surface area (Å²) in [7, 11) is 0. The van der Waals surface area contributed by atoms with E-state index in [1.807, 2.05) is 31.2 Å². The maximum absolute atomic E-state index is 13.3. The van der Waals surface area contributed by atoms with E-state index >= 15 is 0 Å². The Morgan fingerprint density at radius 1 is 1.17 bits per heavy atom. The normalized spacial score (nSPS) is 19.1. The fourth-order valence-corrected chi connectivity index (χ4v) is 3.55. The Bertz CT molecular complexity index is 729. The molecule has 0 aromatic heterocycles. The van der Waals surface area contributed by atoms with Crippen molar-refractivity contribution in [3.63, 3.8) is 0 Å². The molecule has 0 amide bonds. The number of carbonyl (C=O) groups excluding carboxylic acids is 1. The van der Waals surface area contributed by atoms with Crippen molar-refractivity contribution in [2.24, 2.45) is 5.92 Å². The molecule has 2 aromatic rings. The number of Topliss-reactive ketones (excluding diaryl/α,β-unsaturated/α-hetero) is 1. The van der Waals surface area contributed by atoms with Gasteiger partial charge in [-0.05, 0) is 43.5 Å². The molecule has 0 bridgehead atoms. The SMILES string of the molecule is Cc1ccc([C@@H](Nc2ccc(F)cc2Cl)[C@H]2CCCCC2=O)cc1. The average Bonchev–Trinajstić information content (AvgIpc) is 2.56. The number of hydrogen-bond donors (Lipinski definition) is 1. The van der Waals surface area contributed by atoms with E-state index in [1.165, 1.54) is 17.7 Å². The molecule has 0 unspecified atom stereocenters. The first-order valence-corrected chi connectivity index (χ1v) is 8.73. The maximum atomic E-state index is 13.3. The van der Waals surface area contributed by atoms with Crippen LogP contribution < -0.4 is 5.32 Å². The molecule has 1 N–H and O–H groups in total. The third-order valence-electron chi connectivity index (χ3n) is 4.68. The van der Waals surface area contributed by atoms with Gasteiger partial charge in [0.25, 0.3) is 0 Å². The predicted octanol–water partition coefficient (Wildman–Crippen LogP) is 5.70. The second kappa shape index (κ2) is 7.35. The van der Waals surface area contributed by atoms with Crippen molar-refractivity contribution in [3.05, 3.63) is 64.4 Å². The first-order chi connectivity index (χ1) is 11.5. The van der Waals surface area contributed by atoms with Gasteiger partial charge in [0.2, 0.25) is 0 Å². The fourth-order valence-electron chi connectivity index (χ4n) is 3.33. The van der Waals surface area contributed by atoms with Crippen LogP contribution in [0.1, 0.15) is 42.9 Å². The Hall–Kier alpha value is -1.87. The summed E-state index contributed by atoms with van der Waals surface area (Å²) in [6.45, 7) is 2.04. The van der Waals surface area contributed by atoms with Crippen molar-refractivity contribution in [1.82, 2.24) is 0 Å². The quantitative estimate of drug-likeness (QED) is 0.770. The van der Waals surface area contributed by atoms with Crippen LogP contribution in [0.3, 0.4) is 0 Å². The molecule has 0 radical (unpaired) electrons. The lowest BCUT2D eigenvalue weighted by Crippen LogP contribution is -2.30. The number of rotatable bonds is 4.